The lowest BCUT2D eigenvalue weighted by atomic mass is 10.1. The highest BCUT2D eigenvalue weighted by atomic mass is 32.2. The summed E-state index contributed by atoms with van der Waals surface area (Å²) >= 11 is 1.41. The second kappa shape index (κ2) is 10.7. The number of methoxy groups -OCH3 is 1. The summed E-state index contributed by atoms with van der Waals surface area (Å²) in [5.41, 5.74) is 8.16. The number of hydrogen-bond donors (Lipinski definition) is 1. The van der Waals surface area contributed by atoms with Crippen LogP contribution in [0.25, 0.3) is 16.8 Å². The van der Waals surface area contributed by atoms with Gasteiger partial charge in [0.2, 0.25) is 5.91 Å². The summed E-state index contributed by atoms with van der Waals surface area (Å²) in [7, 11) is 1.62. The largest absolute Gasteiger partial charge is 0.495 e. The van der Waals surface area contributed by atoms with Crippen LogP contribution < -0.4 is 15.2 Å². The van der Waals surface area contributed by atoms with Crippen molar-refractivity contribution in [2.75, 3.05) is 12.9 Å². The summed E-state index contributed by atoms with van der Waals surface area (Å²) in [5.74, 6) is 2.19. The van der Waals surface area contributed by atoms with Crippen LogP contribution in [0.5, 0.6) is 11.5 Å². The zero-order chi connectivity index (χ0) is 23.0. The van der Waals surface area contributed by atoms with Crippen molar-refractivity contribution in [3.63, 3.8) is 0 Å². The van der Waals surface area contributed by atoms with Gasteiger partial charge in [-0.1, -0.05) is 72.4 Å². The molecule has 1 amide bonds. The van der Waals surface area contributed by atoms with Crippen LogP contribution in [-0.4, -0.2) is 33.5 Å². The number of nitrogens with zero attached hydrogens (tertiary/aromatic N) is 3. The van der Waals surface area contributed by atoms with E-state index < -0.39 is 0 Å². The lowest BCUT2D eigenvalue weighted by Gasteiger charge is -2.15. The van der Waals surface area contributed by atoms with Crippen molar-refractivity contribution in [2.45, 2.75) is 18.2 Å². The van der Waals surface area contributed by atoms with E-state index in [0.717, 1.165) is 22.6 Å². The van der Waals surface area contributed by atoms with Crippen molar-refractivity contribution >= 4 is 17.7 Å². The molecule has 1 aromatic heterocycles. The van der Waals surface area contributed by atoms with Crippen LogP contribution in [0, 0.1) is 0 Å². The molecule has 0 aliphatic rings. The Morgan fingerprint density at radius 2 is 1.64 bits per heavy atom. The van der Waals surface area contributed by atoms with Crippen LogP contribution in [-0.2, 0) is 11.4 Å². The molecule has 0 spiro atoms. The number of nitrogens with two attached hydrogens (primary N) is 1. The van der Waals surface area contributed by atoms with Gasteiger partial charge in [-0.2, -0.15) is 0 Å². The number of ether oxygens (including phenoxy) is 2. The second-order valence-corrected chi connectivity index (χ2v) is 8.18. The van der Waals surface area contributed by atoms with Crippen molar-refractivity contribution in [1.82, 2.24) is 14.8 Å². The highest BCUT2D eigenvalue weighted by Crippen LogP contribution is 2.32. The Hall–Kier alpha value is -3.78. The number of thioether (sulfide) groups is 1. The molecule has 0 atom stereocenters. The highest BCUT2D eigenvalue weighted by molar-refractivity contribution is 7.99. The molecule has 1 heterocycles. The minimum absolute atomic E-state index is 0.200. The minimum atomic E-state index is -0.355. The molecular weight excluding hydrogens is 436 g/mol. The predicted octanol–water partition coefficient (Wildman–Crippen LogP) is 4.49. The van der Waals surface area contributed by atoms with Gasteiger partial charge in [0.1, 0.15) is 18.1 Å². The van der Waals surface area contributed by atoms with Gasteiger partial charge in [-0.15, -0.1) is 10.2 Å². The van der Waals surface area contributed by atoms with Crippen molar-refractivity contribution in [1.29, 1.82) is 0 Å². The van der Waals surface area contributed by atoms with Gasteiger partial charge in [0, 0.05) is 17.7 Å². The highest BCUT2D eigenvalue weighted by Gasteiger charge is 2.19. The third-order valence-electron chi connectivity index (χ3n) is 4.93. The van der Waals surface area contributed by atoms with E-state index in [-0.39, 0.29) is 18.9 Å². The summed E-state index contributed by atoms with van der Waals surface area (Å²) in [5, 5.41) is 9.36. The normalized spacial score (nSPS) is 10.7. The maximum Gasteiger partial charge on any atom is 0.218 e. The summed E-state index contributed by atoms with van der Waals surface area (Å²) in [6, 6.07) is 25.6. The third-order valence-corrected chi connectivity index (χ3v) is 5.87. The van der Waals surface area contributed by atoms with E-state index in [2.05, 4.69) is 10.2 Å². The molecule has 0 radical (unpaired) electrons. The Labute approximate surface area is 196 Å². The summed E-state index contributed by atoms with van der Waals surface area (Å²) in [6.07, 6.45) is 0.250. The zero-order valence-corrected chi connectivity index (χ0v) is 19.0. The average molecular weight is 461 g/mol. The van der Waals surface area contributed by atoms with Gasteiger partial charge in [-0.3, -0.25) is 9.36 Å². The molecule has 33 heavy (non-hydrogen) atoms. The number of amides is 1. The van der Waals surface area contributed by atoms with Crippen LogP contribution in [0.15, 0.2) is 84.0 Å². The minimum Gasteiger partial charge on any atom is -0.495 e. The number of primary amides is 1. The predicted molar refractivity (Wildman–Crippen MR) is 129 cm³/mol. The average Bonchev–Trinajstić information content (AvgIpc) is 3.25. The Morgan fingerprint density at radius 3 is 2.39 bits per heavy atom. The topological polar surface area (TPSA) is 92.3 Å². The molecule has 0 saturated heterocycles. The lowest BCUT2D eigenvalue weighted by Crippen LogP contribution is -2.11. The Kier molecular flexibility index (Phi) is 7.26. The molecule has 0 aliphatic heterocycles. The van der Waals surface area contributed by atoms with Crippen LogP contribution in [0.1, 0.15) is 12.2 Å². The van der Waals surface area contributed by atoms with E-state index in [1.54, 1.807) is 7.11 Å². The summed E-state index contributed by atoms with van der Waals surface area (Å²) in [6.45, 7) is 0.200. The summed E-state index contributed by atoms with van der Waals surface area (Å²) < 4.78 is 13.7. The van der Waals surface area contributed by atoms with Crippen molar-refractivity contribution in [3.8, 4) is 28.3 Å². The number of aromatic nitrogens is 3. The molecule has 0 unspecified atom stereocenters. The van der Waals surface area contributed by atoms with Crippen molar-refractivity contribution in [2.24, 2.45) is 5.73 Å². The monoisotopic (exact) mass is 460 g/mol. The van der Waals surface area contributed by atoms with E-state index in [9.17, 15) is 4.79 Å². The first-order valence-corrected chi connectivity index (χ1v) is 11.4. The number of carbonyl (C=O) groups is 1. The maximum absolute atomic E-state index is 11.2. The van der Waals surface area contributed by atoms with Gasteiger partial charge >= 0.3 is 0 Å². The fourth-order valence-corrected chi connectivity index (χ4v) is 4.29. The molecule has 8 heteroatoms. The van der Waals surface area contributed by atoms with Crippen molar-refractivity contribution < 1.29 is 14.3 Å². The molecule has 0 aliphatic carbocycles. The van der Waals surface area contributed by atoms with E-state index >= 15 is 0 Å². The smallest absolute Gasteiger partial charge is 0.218 e. The van der Waals surface area contributed by atoms with E-state index in [1.807, 2.05) is 83.4 Å². The van der Waals surface area contributed by atoms with Gasteiger partial charge in [0.25, 0.3) is 0 Å². The number of carbonyl (C=O) groups excluding carboxylic acids is 1. The van der Waals surface area contributed by atoms with E-state index in [1.165, 1.54) is 11.8 Å². The molecule has 0 bridgehead atoms. The standard InChI is InChI=1S/C25H24N4O3S/c1-31-22-14-8-6-12-20(22)29-24(27-28-25(29)33-16-15-23(26)30)17-32-21-13-7-5-11-19(21)18-9-3-2-4-10-18/h2-14H,15-17H2,1H3,(H2,26,30). The van der Waals surface area contributed by atoms with Crippen LogP contribution in [0.3, 0.4) is 0 Å². The molecule has 4 rings (SSSR count). The number of hydrogen-bond acceptors (Lipinski definition) is 6. The Bertz CT molecular complexity index is 1230. The molecule has 4 aromatic rings. The number of benzene rings is 3. The molecule has 0 saturated carbocycles. The second-order valence-electron chi connectivity index (χ2n) is 7.12. The SMILES string of the molecule is COc1ccccc1-n1c(COc2ccccc2-c2ccccc2)nnc1SCCC(N)=O. The quantitative estimate of drug-likeness (QED) is 0.351. The van der Waals surface area contributed by atoms with E-state index in [4.69, 9.17) is 15.2 Å². The van der Waals surface area contributed by atoms with Crippen LogP contribution in [0.4, 0.5) is 0 Å². The molecular formula is C25H24N4O3S. The lowest BCUT2D eigenvalue weighted by molar-refractivity contribution is -0.117. The first kappa shape index (κ1) is 22.4. The molecule has 7 nitrogen and oxygen atoms in total. The van der Waals surface area contributed by atoms with E-state index in [0.29, 0.717) is 22.5 Å². The van der Waals surface area contributed by atoms with Gasteiger partial charge in [-0.05, 0) is 23.8 Å². The van der Waals surface area contributed by atoms with Gasteiger partial charge in [0.05, 0.1) is 12.8 Å². The first-order chi connectivity index (χ1) is 16.2. The molecule has 2 N–H and O–H groups in total. The Balaban J connectivity index is 1.65. The number of para-hydroxylation sites is 3. The van der Waals surface area contributed by atoms with Gasteiger partial charge in [0.15, 0.2) is 11.0 Å². The van der Waals surface area contributed by atoms with Crippen molar-refractivity contribution in [3.05, 3.63) is 84.7 Å². The van der Waals surface area contributed by atoms with Crippen LogP contribution in [0.2, 0.25) is 0 Å². The number of rotatable bonds is 10. The molecule has 168 valence electrons. The zero-order valence-electron chi connectivity index (χ0n) is 18.2. The fraction of sp³-hybridized carbons (Fsp3) is 0.160. The van der Waals surface area contributed by atoms with Gasteiger partial charge in [-0.25, -0.2) is 0 Å². The summed E-state index contributed by atoms with van der Waals surface area (Å²) in [4.78, 5) is 11.2. The first-order valence-electron chi connectivity index (χ1n) is 10.4. The molecule has 3 aromatic carbocycles. The maximum atomic E-state index is 11.2. The van der Waals surface area contributed by atoms with Gasteiger partial charge < -0.3 is 15.2 Å². The fourth-order valence-electron chi connectivity index (χ4n) is 3.38. The Morgan fingerprint density at radius 1 is 0.939 bits per heavy atom. The third kappa shape index (κ3) is 5.35. The molecule has 0 fully saturated rings. The van der Waals surface area contributed by atoms with Crippen LogP contribution >= 0.6 is 11.8 Å².